The maximum atomic E-state index is 2.28. The third-order valence-corrected chi connectivity index (χ3v) is 2.84. The summed E-state index contributed by atoms with van der Waals surface area (Å²) in [7, 11) is 0. The number of rotatable bonds is 0. The molecule has 0 nitrogen and oxygen atoms in total. The second kappa shape index (κ2) is 4.36. The van der Waals surface area contributed by atoms with Crippen LogP contribution in [0.4, 0.5) is 0 Å². The first-order valence-corrected chi connectivity index (χ1v) is 5.29. The van der Waals surface area contributed by atoms with Gasteiger partial charge in [0.1, 0.15) is 0 Å². The Morgan fingerprint density at radius 1 is 0.875 bits per heavy atom. The van der Waals surface area contributed by atoms with Gasteiger partial charge in [-0.1, -0.05) is 56.0 Å². The van der Waals surface area contributed by atoms with Crippen LogP contribution in [-0.2, 0) is 0 Å². The lowest BCUT2D eigenvalue weighted by Gasteiger charge is -1.97. The summed E-state index contributed by atoms with van der Waals surface area (Å²) in [6, 6.07) is 13.0. The highest BCUT2D eigenvalue weighted by Gasteiger charge is 1.93. The van der Waals surface area contributed by atoms with E-state index in [1.165, 1.54) is 21.2 Å². The fourth-order valence-electron chi connectivity index (χ4n) is 2.04. The van der Waals surface area contributed by atoms with Crippen molar-refractivity contribution in [3.05, 3.63) is 59.0 Å². The molecule has 80 valence electrons. The van der Waals surface area contributed by atoms with Crippen LogP contribution in [0.3, 0.4) is 0 Å². The summed E-state index contributed by atoms with van der Waals surface area (Å²) in [6.45, 7) is 0. The molecular formula is C16H16. The van der Waals surface area contributed by atoms with Crippen LogP contribution in [0.5, 0.6) is 0 Å². The van der Waals surface area contributed by atoms with Crippen LogP contribution in [0, 0.1) is 0 Å². The lowest BCUT2D eigenvalue weighted by Crippen LogP contribution is -2.23. The van der Waals surface area contributed by atoms with E-state index >= 15 is 0 Å². The van der Waals surface area contributed by atoms with E-state index < -0.39 is 0 Å². The number of hydrogen-bond acceptors (Lipinski definition) is 0. The van der Waals surface area contributed by atoms with Crippen LogP contribution < -0.4 is 10.4 Å². The molecule has 0 saturated heterocycles. The molecule has 1 aliphatic rings. The highest BCUT2D eigenvalue weighted by atomic mass is 14.0. The van der Waals surface area contributed by atoms with Crippen molar-refractivity contribution < 1.29 is 0 Å². The fourth-order valence-corrected chi connectivity index (χ4v) is 2.04. The Bertz CT molecular complexity index is 645. The molecule has 3 rings (SSSR count). The Hall–Kier alpha value is -1.82. The first-order valence-electron chi connectivity index (χ1n) is 5.29. The van der Waals surface area contributed by atoms with Crippen molar-refractivity contribution in [2.24, 2.45) is 0 Å². The number of hydrogen-bond donors (Lipinski definition) is 0. The smallest absolute Gasteiger partial charge is 0.0157 e. The zero-order valence-electron chi connectivity index (χ0n) is 8.48. The first-order chi connectivity index (χ1) is 7.43. The van der Waals surface area contributed by atoms with Crippen LogP contribution in [0.15, 0.2) is 48.6 Å². The van der Waals surface area contributed by atoms with Crippen LogP contribution in [0.2, 0.25) is 0 Å². The van der Waals surface area contributed by atoms with Gasteiger partial charge >= 0.3 is 0 Å². The minimum atomic E-state index is 0. The van der Waals surface area contributed by atoms with Gasteiger partial charge in [0.25, 0.3) is 0 Å². The Balaban J connectivity index is 0.000000963. The van der Waals surface area contributed by atoms with E-state index in [0.29, 0.717) is 0 Å². The summed E-state index contributed by atoms with van der Waals surface area (Å²) < 4.78 is 0. The van der Waals surface area contributed by atoms with E-state index in [1.807, 2.05) is 0 Å². The average molecular weight is 208 g/mol. The van der Waals surface area contributed by atoms with E-state index in [2.05, 4.69) is 60.7 Å². The maximum Gasteiger partial charge on any atom is -0.0157 e. The van der Waals surface area contributed by atoms with E-state index in [9.17, 15) is 0 Å². The Morgan fingerprint density at radius 2 is 1.56 bits per heavy atom. The number of fused-ring (bicyclic) bond motifs is 2. The predicted molar refractivity (Wildman–Crippen MR) is 72.6 cm³/mol. The molecule has 0 aromatic heterocycles. The SMILES string of the molecule is C.C1=CCC=c2cc3ccccc3cc2=C1. The first kappa shape index (κ1) is 10.7. The van der Waals surface area contributed by atoms with Crippen molar-refractivity contribution in [1.29, 1.82) is 0 Å². The second-order valence-corrected chi connectivity index (χ2v) is 3.86. The van der Waals surface area contributed by atoms with E-state index in [4.69, 9.17) is 0 Å². The van der Waals surface area contributed by atoms with E-state index in [-0.39, 0.29) is 7.43 Å². The van der Waals surface area contributed by atoms with Crippen LogP contribution in [0.25, 0.3) is 22.9 Å². The van der Waals surface area contributed by atoms with E-state index in [1.54, 1.807) is 0 Å². The summed E-state index contributed by atoms with van der Waals surface area (Å²) in [4.78, 5) is 0. The molecule has 0 fully saturated rings. The second-order valence-electron chi connectivity index (χ2n) is 3.86. The van der Waals surface area contributed by atoms with Crippen molar-refractivity contribution in [3.8, 4) is 0 Å². The molecule has 0 spiro atoms. The molecule has 0 heterocycles. The van der Waals surface area contributed by atoms with Crippen LogP contribution >= 0.6 is 0 Å². The van der Waals surface area contributed by atoms with Crippen LogP contribution in [0.1, 0.15) is 13.8 Å². The molecular weight excluding hydrogens is 192 g/mol. The van der Waals surface area contributed by atoms with Gasteiger partial charge in [-0.25, -0.2) is 0 Å². The molecule has 0 saturated carbocycles. The predicted octanol–water partition coefficient (Wildman–Crippen LogP) is 3.00. The molecule has 16 heavy (non-hydrogen) atoms. The van der Waals surface area contributed by atoms with Crippen molar-refractivity contribution >= 4 is 22.9 Å². The molecule has 1 aliphatic carbocycles. The number of benzene rings is 2. The fraction of sp³-hybridized carbons (Fsp3) is 0.125. The number of allylic oxidation sites excluding steroid dienone is 2. The van der Waals surface area contributed by atoms with Crippen molar-refractivity contribution in [3.63, 3.8) is 0 Å². The largest absolute Gasteiger partial charge is 0.0807 e. The Kier molecular flexibility index (Phi) is 2.91. The van der Waals surface area contributed by atoms with Gasteiger partial charge in [0, 0.05) is 0 Å². The van der Waals surface area contributed by atoms with Gasteiger partial charge in [0.15, 0.2) is 0 Å². The standard InChI is InChI=1S/C15H12.CH4/c1-2-6-12-10-14-8-4-5-9-15(14)11-13(12)7-3-1;/h1-2,4-11H,3H2;1H4. The Morgan fingerprint density at radius 3 is 2.31 bits per heavy atom. The van der Waals surface area contributed by atoms with Gasteiger partial charge in [-0.05, 0) is 39.8 Å². The van der Waals surface area contributed by atoms with E-state index in [0.717, 1.165) is 6.42 Å². The molecule has 0 radical (unpaired) electrons. The molecule has 0 bridgehead atoms. The summed E-state index contributed by atoms with van der Waals surface area (Å²) >= 11 is 0. The minimum absolute atomic E-state index is 0. The topological polar surface area (TPSA) is 0 Å². The zero-order chi connectivity index (χ0) is 10.1. The van der Waals surface area contributed by atoms with Gasteiger partial charge in [-0.3, -0.25) is 0 Å². The third kappa shape index (κ3) is 1.79. The van der Waals surface area contributed by atoms with Gasteiger partial charge in [0.05, 0.1) is 0 Å². The normalized spacial score (nSPS) is 13.0. The van der Waals surface area contributed by atoms with Crippen LogP contribution in [-0.4, -0.2) is 0 Å². The molecule has 0 N–H and O–H groups in total. The molecule has 0 atom stereocenters. The molecule has 0 heteroatoms. The van der Waals surface area contributed by atoms with Gasteiger partial charge < -0.3 is 0 Å². The highest BCUT2D eigenvalue weighted by Crippen LogP contribution is 2.08. The lowest BCUT2D eigenvalue weighted by atomic mass is 10.1. The quantitative estimate of drug-likeness (QED) is 0.624. The van der Waals surface area contributed by atoms with Gasteiger partial charge in [0.2, 0.25) is 0 Å². The lowest BCUT2D eigenvalue weighted by molar-refractivity contribution is 1.47. The van der Waals surface area contributed by atoms with Crippen molar-refractivity contribution in [1.82, 2.24) is 0 Å². The molecule has 2 aromatic carbocycles. The summed E-state index contributed by atoms with van der Waals surface area (Å²) in [5, 5.41) is 5.31. The summed E-state index contributed by atoms with van der Waals surface area (Å²) in [6.07, 6.45) is 9.82. The van der Waals surface area contributed by atoms with Crippen molar-refractivity contribution in [2.45, 2.75) is 13.8 Å². The molecule has 0 amide bonds. The minimum Gasteiger partial charge on any atom is -0.0807 e. The zero-order valence-corrected chi connectivity index (χ0v) is 8.48. The van der Waals surface area contributed by atoms with Gasteiger partial charge in [-0.2, -0.15) is 0 Å². The summed E-state index contributed by atoms with van der Waals surface area (Å²) in [5.74, 6) is 0. The van der Waals surface area contributed by atoms with Gasteiger partial charge in [-0.15, -0.1) is 0 Å². The average Bonchev–Trinajstić information content (AvgIpc) is 2.50. The monoisotopic (exact) mass is 208 g/mol. The molecule has 0 unspecified atom stereocenters. The highest BCUT2D eigenvalue weighted by molar-refractivity contribution is 5.83. The molecule has 0 aliphatic heterocycles. The molecule has 2 aromatic rings. The third-order valence-electron chi connectivity index (χ3n) is 2.84. The Labute approximate surface area is 96.2 Å². The maximum absolute atomic E-state index is 2.28. The van der Waals surface area contributed by atoms with Crippen molar-refractivity contribution in [2.75, 3.05) is 0 Å². The summed E-state index contributed by atoms with van der Waals surface area (Å²) in [5.41, 5.74) is 0.